The fourth-order valence-electron chi connectivity index (χ4n) is 7.40. The molecule has 1 atom stereocenters. The van der Waals surface area contributed by atoms with Crippen molar-refractivity contribution < 1.29 is 31.8 Å². The summed E-state index contributed by atoms with van der Waals surface area (Å²) in [6.45, 7) is 5.12. The van der Waals surface area contributed by atoms with Crippen molar-refractivity contribution in [1.29, 1.82) is 0 Å². The summed E-state index contributed by atoms with van der Waals surface area (Å²) in [6.07, 6.45) is 13.7. The maximum Gasteiger partial charge on any atom is 0.201 e. The molecule has 236 valence electrons. The molecule has 2 saturated carbocycles. The van der Waals surface area contributed by atoms with Crippen LogP contribution in [0.4, 0.5) is 17.6 Å². The van der Waals surface area contributed by atoms with Crippen LogP contribution in [0.1, 0.15) is 108 Å². The monoisotopic (exact) mass is 602 g/mol. The van der Waals surface area contributed by atoms with Crippen molar-refractivity contribution in [1.82, 2.24) is 0 Å². The zero-order valence-electron chi connectivity index (χ0n) is 25.6. The molecule has 3 aliphatic carbocycles. The molecule has 0 amide bonds. The van der Waals surface area contributed by atoms with E-state index in [1.165, 1.54) is 18.9 Å². The highest BCUT2D eigenvalue weighted by molar-refractivity contribution is 5.67. The summed E-state index contributed by atoms with van der Waals surface area (Å²) in [7, 11) is 0. The Hall–Kier alpha value is -2.54. The minimum Gasteiger partial charge on any atom is -0.491 e. The third-order valence-corrected chi connectivity index (χ3v) is 9.92. The number of hydrogen-bond acceptors (Lipinski definition) is 3. The zero-order chi connectivity index (χ0) is 30.3. The maximum absolute atomic E-state index is 14.8. The number of ether oxygens (including phenoxy) is 3. The molecular weight excluding hydrogens is 556 g/mol. The molecule has 43 heavy (non-hydrogen) atoms. The molecule has 0 heterocycles. The Kier molecular flexibility index (Phi) is 11.1. The van der Waals surface area contributed by atoms with Crippen molar-refractivity contribution in [2.75, 3.05) is 19.8 Å². The molecule has 0 bridgehead atoms. The molecule has 0 aromatic heterocycles. The van der Waals surface area contributed by atoms with E-state index in [9.17, 15) is 17.6 Å². The summed E-state index contributed by atoms with van der Waals surface area (Å²) in [5, 5.41) is 0. The van der Waals surface area contributed by atoms with Gasteiger partial charge in [-0.25, -0.2) is 8.78 Å². The summed E-state index contributed by atoms with van der Waals surface area (Å²) in [6, 6.07) is 6.43. The lowest BCUT2D eigenvalue weighted by molar-refractivity contribution is -0.00689. The van der Waals surface area contributed by atoms with Crippen LogP contribution in [0.15, 0.2) is 30.3 Å². The molecule has 2 aromatic carbocycles. The predicted octanol–water partition coefficient (Wildman–Crippen LogP) is 10.2. The van der Waals surface area contributed by atoms with Gasteiger partial charge >= 0.3 is 0 Å². The number of benzene rings is 2. The van der Waals surface area contributed by atoms with E-state index in [-0.39, 0.29) is 23.5 Å². The van der Waals surface area contributed by atoms with Gasteiger partial charge in [0.1, 0.15) is 0 Å². The summed E-state index contributed by atoms with van der Waals surface area (Å²) >= 11 is 0. The van der Waals surface area contributed by atoms with E-state index in [0.29, 0.717) is 42.1 Å². The topological polar surface area (TPSA) is 27.7 Å². The average molecular weight is 603 g/mol. The second-order valence-corrected chi connectivity index (χ2v) is 12.7. The highest BCUT2D eigenvalue weighted by Gasteiger charge is 2.31. The Morgan fingerprint density at radius 2 is 1.40 bits per heavy atom. The predicted molar refractivity (Wildman–Crippen MR) is 161 cm³/mol. The summed E-state index contributed by atoms with van der Waals surface area (Å²) in [5.74, 6) is -1.55. The normalized spacial score (nSPS) is 26.2. The Bertz CT molecular complexity index is 1250. The van der Waals surface area contributed by atoms with Crippen LogP contribution in [-0.2, 0) is 4.74 Å². The Morgan fingerprint density at radius 1 is 0.698 bits per heavy atom. The van der Waals surface area contributed by atoms with Crippen LogP contribution in [0.5, 0.6) is 11.5 Å². The van der Waals surface area contributed by atoms with Gasteiger partial charge in [0, 0.05) is 12.2 Å². The Labute approximate surface area is 254 Å². The largest absolute Gasteiger partial charge is 0.491 e. The van der Waals surface area contributed by atoms with Gasteiger partial charge in [-0.15, -0.1) is 0 Å². The lowest BCUT2D eigenvalue weighted by Crippen LogP contribution is -2.28. The molecule has 5 rings (SSSR count). The van der Waals surface area contributed by atoms with Crippen molar-refractivity contribution in [2.24, 2.45) is 17.8 Å². The molecular formula is C36H46F4O3. The zero-order valence-corrected chi connectivity index (χ0v) is 25.6. The molecule has 7 heteroatoms. The fourth-order valence-corrected chi connectivity index (χ4v) is 7.40. The van der Waals surface area contributed by atoms with Crippen LogP contribution >= 0.6 is 0 Å². The molecule has 0 N–H and O–H groups in total. The van der Waals surface area contributed by atoms with Crippen LogP contribution < -0.4 is 9.47 Å². The quantitative estimate of drug-likeness (QED) is 0.240. The summed E-state index contributed by atoms with van der Waals surface area (Å²) in [4.78, 5) is 0. The van der Waals surface area contributed by atoms with Crippen LogP contribution in [-0.4, -0.2) is 25.9 Å². The van der Waals surface area contributed by atoms with E-state index >= 15 is 0 Å². The SMILES string of the molecule is CCCOc1ccc(C2CCC(OCC3CCC(C4CC=C(c5ccc(OCC)c(F)c5F)CC4)CC3)CC2)c(F)c1F. The number of rotatable bonds is 11. The van der Waals surface area contributed by atoms with Gasteiger partial charge in [0.2, 0.25) is 11.6 Å². The second-order valence-electron chi connectivity index (χ2n) is 12.7. The number of allylic oxidation sites excluding steroid dienone is 2. The molecule has 1 unspecified atom stereocenters. The van der Waals surface area contributed by atoms with E-state index in [1.54, 1.807) is 25.1 Å². The molecule has 0 radical (unpaired) electrons. The van der Waals surface area contributed by atoms with Crippen LogP contribution in [0, 0.1) is 41.0 Å². The molecule has 0 spiro atoms. The van der Waals surface area contributed by atoms with Gasteiger partial charge in [0.15, 0.2) is 23.1 Å². The van der Waals surface area contributed by atoms with Crippen molar-refractivity contribution in [3.8, 4) is 11.5 Å². The molecule has 3 aliphatic rings. The van der Waals surface area contributed by atoms with Gasteiger partial charge in [-0.1, -0.05) is 19.1 Å². The lowest BCUT2D eigenvalue weighted by Gasteiger charge is -2.36. The number of halogens is 4. The first kappa shape index (κ1) is 31.9. The molecule has 0 saturated heterocycles. The molecule has 3 nitrogen and oxygen atoms in total. The van der Waals surface area contributed by atoms with E-state index in [4.69, 9.17) is 14.2 Å². The first-order valence-electron chi connectivity index (χ1n) is 16.4. The van der Waals surface area contributed by atoms with Crippen LogP contribution in [0.25, 0.3) is 5.57 Å². The van der Waals surface area contributed by atoms with Crippen molar-refractivity contribution in [2.45, 2.75) is 103 Å². The maximum atomic E-state index is 14.8. The molecule has 2 aromatic rings. The van der Waals surface area contributed by atoms with Crippen LogP contribution in [0.3, 0.4) is 0 Å². The van der Waals surface area contributed by atoms with Gasteiger partial charge in [-0.05, 0) is 137 Å². The molecule has 2 fully saturated rings. The first-order chi connectivity index (χ1) is 20.9. The van der Waals surface area contributed by atoms with Crippen molar-refractivity contribution >= 4 is 5.57 Å². The summed E-state index contributed by atoms with van der Waals surface area (Å²) in [5.41, 5.74) is 1.72. The van der Waals surface area contributed by atoms with E-state index < -0.39 is 23.3 Å². The van der Waals surface area contributed by atoms with E-state index in [0.717, 1.165) is 76.4 Å². The third-order valence-electron chi connectivity index (χ3n) is 9.92. The standard InChI is InChI=1S/C36H46F4O3/c1-3-21-42-32-20-18-30(34(38)36(32)40)27-13-15-28(16-14-27)43-22-23-5-7-24(8-6-23)25-9-11-26(12-10-25)29-17-19-31(41-4-2)35(39)33(29)37/h11,17-20,23-25,27-28H,3-10,12-16,21-22H2,1-2H3. The van der Waals surface area contributed by atoms with Crippen LogP contribution in [0.2, 0.25) is 0 Å². The first-order valence-corrected chi connectivity index (χ1v) is 16.4. The minimum absolute atomic E-state index is 0.00413. The van der Waals surface area contributed by atoms with Crippen molar-refractivity contribution in [3.05, 3.63) is 64.7 Å². The number of hydrogen-bond donors (Lipinski definition) is 0. The minimum atomic E-state index is -0.900. The highest BCUT2D eigenvalue weighted by Crippen LogP contribution is 2.43. The highest BCUT2D eigenvalue weighted by atomic mass is 19.2. The smallest absolute Gasteiger partial charge is 0.201 e. The van der Waals surface area contributed by atoms with Gasteiger partial charge < -0.3 is 14.2 Å². The Morgan fingerprint density at radius 3 is 2.07 bits per heavy atom. The average Bonchev–Trinajstić information content (AvgIpc) is 3.04. The fraction of sp³-hybridized carbons (Fsp3) is 0.611. The van der Waals surface area contributed by atoms with Gasteiger partial charge in [-0.3, -0.25) is 0 Å². The van der Waals surface area contributed by atoms with Gasteiger partial charge in [-0.2, -0.15) is 8.78 Å². The lowest BCUT2D eigenvalue weighted by atomic mass is 9.71. The Balaban J connectivity index is 1.03. The second kappa shape index (κ2) is 15.0. The van der Waals surface area contributed by atoms with Gasteiger partial charge in [0.05, 0.1) is 19.3 Å². The van der Waals surface area contributed by atoms with E-state index in [2.05, 4.69) is 6.08 Å². The van der Waals surface area contributed by atoms with Gasteiger partial charge in [0.25, 0.3) is 0 Å². The summed E-state index contributed by atoms with van der Waals surface area (Å²) < 4.78 is 75.2. The van der Waals surface area contributed by atoms with Crippen molar-refractivity contribution in [3.63, 3.8) is 0 Å². The third kappa shape index (κ3) is 7.58. The molecule has 0 aliphatic heterocycles. The van der Waals surface area contributed by atoms with E-state index in [1.807, 2.05) is 6.92 Å².